The zero-order chi connectivity index (χ0) is 18.4. The number of piperidine rings is 1. The first-order valence-electron chi connectivity index (χ1n) is 9.01. The van der Waals surface area contributed by atoms with Crippen molar-refractivity contribution in [3.05, 3.63) is 53.7 Å². The Hall–Kier alpha value is -3.06. The van der Waals surface area contributed by atoms with E-state index in [2.05, 4.69) is 10.2 Å². The Morgan fingerprint density at radius 3 is 2.93 bits per heavy atom. The molecule has 27 heavy (non-hydrogen) atoms. The van der Waals surface area contributed by atoms with Crippen LogP contribution in [-0.4, -0.2) is 52.1 Å². The molecule has 0 bridgehead atoms. The highest BCUT2D eigenvalue weighted by atomic mass is 16.7. The second-order valence-corrected chi connectivity index (χ2v) is 6.94. The van der Waals surface area contributed by atoms with Gasteiger partial charge < -0.3 is 19.5 Å². The molecule has 3 aromatic rings. The van der Waals surface area contributed by atoms with E-state index in [1.165, 1.54) is 0 Å². The Labute approximate surface area is 155 Å². The lowest BCUT2D eigenvalue weighted by atomic mass is 9.86. The molecule has 1 saturated heterocycles. The van der Waals surface area contributed by atoms with Crippen molar-refractivity contribution in [2.75, 3.05) is 19.9 Å². The van der Waals surface area contributed by atoms with Crippen LogP contribution in [0, 0.1) is 0 Å². The fourth-order valence-corrected chi connectivity index (χ4v) is 3.92. The van der Waals surface area contributed by atoms with Crippen molar-refractivity contribution in [1.82, 2.24) is 15.1 Å². The van der Waals surface area contributed by atoms with Crippen LogP contribution in [0.5, 0.6) is 11.5 Å². The number of β-amino-alcohol motifs (C(OH)–C–C–N with tert-alkyl or cyclic N) is 1. The number of carbonyl (C=O) groups is 1. The molecule has 5 rings (SSSR count). The first-order chi connectivity index (χ1) is 13.2. The summed E-state index contributed by atoms with van der Waals surface area (Å²) in [6.45, 7) is 1.07. The Bertz CT molecular complexity index is 1020. The third-order valence-corrected chi connectivity index (χ3v) is 5.37. The van der Waals surface area contributed by atoms with Crippen molar-refractivity contribution in [3.63, 3.8) is 0 Å². The quantitative estimate of drug-likeness (QED) is 0.727. The fraction of sp³-hybridized carbons (Fsp3) is 0.300. The number of amides is 1. The highest BCUT2D eigenvalue weighted by molar-refractivity contribution is 6.04. The number of H-pyrrole nitrogens is 1. The number of ether oxygens (including phenoxy) is 2. The van der Waals surface area contributed by atoms with Crippen molar-refractivity contribution in [2.45, 2.75) is 18.4 Å². The first kappa shape index (κ1) is 16.1. The zero-order valence-corrected chi connectivity index (χ0v) is 14.6. The number of benzene rings is 2. The number of fused-ring (bicyclic) bond motifs is 2. The van der Waals surface area contributed by atoms with Gasteiger partial charge >= 0.3 is 0 Å². The molecule has 1 aromatic heterocycles. The van der Waals surface area contributed by atoms with E-state index in [1.54, 1.807) is 4.90 Å². The van der Waals surface area contributed by atoms with Crippen LogP contribution in [0.25, 0.3) is 10.9 Å². The van der Waals surface area contributed by atoms with Gasteiger partial charge in [0.05, 0.1) is 11.6 Å². The Kier molecular flexibility index (Phi) is 3.75. The maximum Gasteiger partial charge on any atom is 0.275 e. The number of hydrogen-bond acceptors (Lipinski definition) is 5. The van der Waals surface area contributed by atoms with Crippen LogP contribution < -0.4 is 9.47 Å². The number of hydrogen-bond donors (Lipinski definition) is 2. The number of aromatic nitrogens is 2. The lowest BCUT2D eigenvalue weighted by molar-refractivity contribution is 0.0379. The smallest absolute Gasteiger partial charge is 0.275 e. The van der Waals surface area contributed by atoms with Gasteiger partial charge in [-0.2, -0.15) is 5.10 Å². The van der Waals surface area contributed by atoms with Gasteiger partial charge in [0, 0.05) is 24.4 Å². The topological polar surface area (TPSA) is 87.7 Å². The minimum absolute atomic E-state index is 0.0421. The second kappa shape index (κ2) is 6.28. The molecule has 7 heteroatoms. The summed E-state index contributed by atoms with van der Waals surface area (Å²) in [5.41, 5.74) is 2.24. The van der Waals surface area contributed by atoms with E-state index in [0.29, 0.717) is 24.4 Å². The highest BCUT2D eigenvalue weighted by Crippen LogP contribution is 2.37. The average molecular weight is 365 g/mol. The molecule has 0 unspecified atom stereocenters. The predicted octanol–water partition coefficient (Wildman–Crippen LogP) is 2.28. The molecule has 0 spiro atoms. The molecule has 138 valence electrons. The standard InChI is InChI=1S/C20H19N3O4/c24-16-10-23(20(25)19-14-3-1-2-4-15(14)21-22-19)8-7-13(16)12-5-6-17-18(9-12)27-11-26-17/h1-6,9,13,16,24H,7-8,10-11H2,(H,21,22)/t13-,16+/m0/s1. The van der Waals surface area contributed by atoms with Crippen LogP contribution >= 0.6 is 0 Å². The number of aromatic amines is 1. The minimum Gasteiger partial charge on any atom is -0.454 e. The van der Waals surface area contributed by atoms with Gasteiger partial charge in [-0.15, -0.1) is 0 Å². The van der Waals surface area contributed by atoms with Gasteiger partial charge in [0.15, 0.2) is 17.2 Å². The number of aliphatic hydroxyl groups excluding tert-OH is 1. The van der Waals surface area contributed by atoms with Crippen LogP contribution in [0.4, 0.5) is 0 Å². The van der Waals surface area contributed by atoms with E-state index in [0.717, 1.165) is 22.2 Å². The van der Waals surface area contributed by atoms with Crippen molar-refractivity contribution >= 4 is 16.8 Å². The minimum atomic E-state index is -0.645. The summed E-state index contributed by atoms with van der Waals surface area (Å²) in [5, 5.41) is 18.6. The van der Waals surface area contributed by atoms with E-state index in [-0.39, 0.29) is 25.2 Å². The molecule has 2 aliphatic heterocycles. The van der Waals surface area contributed by atoms with Crippen molar-refractivity contribution in [1.29, 1.82) is 0 Å². The van der Waals surface area contributed by atoms with Gasteiger partial charge in [0.2, 0.25) is 6.79 Å². The third kappa shape index (κ3) is 2.71. The van der Waals surface area contributed by atoms with Crippen LogP contribution in [0.2, 0.25) is 0 Å². The maximum atomic E-state index is 12.9. The van der Waals surface area contributed by atoms with E-state index in [1.807, 2.05) is 42.5 Å². The molecule has 1 fully saturated rings. The normalized spacial score (nSPS) is 21.6. The monoisotopic (exact) mass is 365 g/mol. The largest absolute Gasteiger partial charge is 0.454 e. The van der Waals surface area contributed by atoms with Crippen LogP contribution in [0.1, 0.15) is 28.4 Å². The second-order valence-electron chi connectivity index (χ2n) is 6.94. The molecule has 2 aliphatic rings. The lowest BCUT2D eigenvalue weighted by Gasteiger charge is -2.36. The molecule has 0 aliphatic carbocycles. The van der Waals surface area contributed by atoms with E-state index in [9.17, 15) is 9.90 Å². The summed E-state index contributed by atoms with van der Waals surface area (Å²) in [7, 11) is 0. The van der Waals surface area contributed by atoms with Gasteiger partial charge in [0.1, 0.15) is 0 Å². The molecule has 0 radical (unpaired) electrons. The van der Waals surface area contributed by atoms with Crippen molar-refractivity contribution < 1.29 is 19.4 Å². The third-order valence-electron chi connectivity index (χ3n) is 5.37. The molecule has 7 nitrogen and oxygen atoms in total. The Morgan fingerprint density at radius 2 is 2.04 bits per heavy atom. The molecular formula is C20H19N3O4. The van der Waals surface area contributed by atoms with E-state index < -0.39 is 6.10 Å². The summed E-state index contributed by atoms with van der Waals surface area (Å²) in [6, 6.07) is 13.3. The zero-order valence-electron chi connectivity index (χ0n) is 14.6. The van der Waals surface area contributed by atoms with Crippen LogP contribution in [-0.2, 0) is 0 Å². The van der Waals surface area contributed by atoms with Gasteiger partial charge in [0.25, 0.3) is 5.91 Å². The summed E-state index contributed by atoms with van der Waals surface area (Å²) < 4.78 is 10.8. The van der Waals surface area contributed by atoms with Crippen molar-refractivity contribution in [3.8, 4) is 11.5 Å². The molecule has 2 N–H and O–H groups in total. The maximum absolute atomic E-state index is 12.9. The van der Waals surface area contributed by atoms with Crippen molar-refractivity contribution in [2.24, 2.45) is 0 Å². The van der Waals surface area contributed by atoms with E-state index >= 15 is 0 Å². The molecular weight excluding hydrogens is 346 g/mol. The van der Waals surface area contributed by atoms with Crippen LogP contribution in [0.3, 0.4) is 0 Å². The number of likely N-dealkylation sites (tertiary alicyclic amines) is 1. The van der Waals surface area contributed by atoms with Crippen LogP contribution in [0.15, 0.2) is 42.5 Å². The summed E-state index contributed by atoms with van der Waals surface area (Å²) in [4.78, 5) is 14.6. The van der Waals surface area contributed by atoms with E-state index in [4.69, 9.17) is 9.47 Å². The Morgan fingerprint density at radius 1 is 1.19 bits per heavy atom. The number of nitrogens with zero attached hydrogens (tertiary/aromatic N) is 2. The van der Waals surface area contributed by atoms with Gasteiger partial charge in [-0.1, -0.05) is 24.3 Å². The predicted molar refractivity (Wildman–Crippen MR) is 97.9 cm³/mol. The Balaban J connectivity index is 1.34. The molecule has 1 amide bonds. The first-order valence-corrected chi connectivity index (χ1v) is 9.01. The van der Waals surface area contributed by atoms with Gasteiger partial charge in [-0.3, -0.25) is 9.89 Å². The number of rotatable bonds is 2. The number of aliphatic hydroxyl groups is 1. The number of nitrogens with one attached hydrogen (secondary N) is 1. The summed E-state index contributed by atoms with van der Waals surface area (Å²) in [5.74, 6) is 1.24. The summed E-state index contributed by atoms with van der Waals surface area (Å²) >= 11 is 0. The summed E-state index contributed by atoms with van der Waals surface area (Å²) in [6.07, 6.45) is 0.0304. The SMILES string of the molecule is O=C(c1n[nH]c2ccccc12)N1CC[C@@H](c2ccc3c(c2)OCO3)[C@H](O)C1. The van der Waals surface area contributed by atoms with Gasteiger partial charge in [-0.05, 0) is 30.2 Å². The molecule has 0 saturated carbocycles. The molecule has 3 heterocycles. The highest BCUT2D eigenvalue weighted by Gasteiger charge is 2.33. The fourth-order valence-electron chi connectivity index (χ4n) is 3.92. The molecule has 2 aromatic carbocycles. The lowest BCUT2D eigenvalue weighted by Crippen LogP contribution is -2.45. The van der Waals surface area contributed by atoms with Gasteiger partial charge in [-0.25, -0.2) is 0 Å². The molecule has 2 atom stereocenters. The number of para-hydroxylation sites is 1. The average Bonchev–Trinajstić information content (AvgIpc) is 3.33. The number of carbonyl (C=O) groups excluding carboxylic acids is 1.